The predicted octanol–water partition coefficient (Wildman–Crippen LogP) is 5.56. The number of oxime groups is 1. The third-order valence-corrected chi connectivity index (χ3v) is 5.63. The molecule has 0 unspecified atom stereocenters. The van der Waals surface area contributed by atoms with Crippen molar-refractivity contribution in [2.45, 2.75) is 40.2 Å². The van der Waals surface area contributed by atoms with Gasteiger partial charge in [-0.1, -0.05) is 52.2 Å². The number of hydrogen-bond acceptors (Lipinski definition) is 6. The molecule has 2 aromatic rings. The third-order valence-electron chi connectivity index (χ3n) is 5.63. The Morgan fingerprint density at radius 2 is 1.55 bits per heavy atom. The molecule has 0 saturated carbocycles. The Bertz CT molecular complexity index is 1100. The van der Waals surface area contributed by atoms with Crippen molar-refractivity contribution < 1.29 is 23.8 Å². The first kappa shape index (κ1) is 24.1. The van der Waals surface area contributed by atoms with Crippen LogP contribution in [0.15, 0.2) is 76.0 Å². The summed E-state index contributed by atoms with van der Waals surface area (Å²) in [4.78, 5) is 17.2. The molecule has 0 spiro atoms. The summed E-state index contributed by atoms with van der Waals surface area (Å²) < 4.78 is 17.0. The van der Waals surface area contributed by atoms with Crippen LogP contribution < -0.4 is 9.47 Å². The van der Waals surface area contributed by atoms with Crippen LogP contribution in [0.4, 0.5) is 0 Å². The number of carbonyl (C=O) groups is 1. The van der Waals surface area contributed by atoms with E-state index >= 15 is 0 Å². The fourth-order valence-corrected chi connectivity index (χ4v) is 3.70. The summed E-state index contributed by atoms with van der Waals surface area (Å²) in [6.45, 7) is 7.02. The first-order valence-corrected chi connectivity index (χ1v) is 10.9. The fraction of sp³-hybridized carbons (Fsp3) is 0.333. The summed E-state index contributed by atoms with van der Waals surface area (Å²) in [6, 6.07) is 15.8. The lowest BCUT2D eigenvalue weighted by Gasteiger charge is -2.23. The molecule has 0 amide bonds. The van der Waals surface area contributed by atoms with Crippen molar-refractivity contribution in [3.05, 3.63) is 82.0 Å². The van der Waals surface area contributed by atoms with Gasteiger partial charge < -0.3 is 19.0 Å². The number of rotatable bonds is 9. The normalized spacial score (nSPS) is 14.3. The van der Waals surface area contributed by atoms with Gasteiger partial charge in [-0.15, -0.1) is 0 Å². The maximum absolute atomic E-state index is 12.3. The minimum absolute atomic E-state index is 0.181. The van der Waals surface area contributed by atoms with Gasteiger partial charge in [0.1, 0.15) is 31.8 Å². The molecule has 0 bridgehead atoms. The quantitative estimate of drug-likeness (QED) is 0.217. The highest BCUT2D eigenvalue weighted by molar-refractivity contribution is 6.43. The Kier molecular flexibility index (Phi) is 8.30. The number of allylic oxidation sites excluding steroid dienone is 2. The fourth-order valence-electron chi connectivity index (χ4n) is 3.70. The Labute approximate surface area is 195 Å². The van der Waals surface area contributed by atoms with Gasteiger partial charge in [0.2, 0.25) is 0 Å². The molecule has 0 N–H and O–H groups in total. The number of carbonyl (C=O) groups excluding carboxylic acids is 1. The van der Waals surface area contributed by atoms with Gasteiger partial charge in [-0.2, -0.15) is 0 Å². The number of methoxy groups -OCH3 is 1. The van der Waals surface area contributed by atoms with Gasteiger partial charge in [-0.25, -0.2) is 4.79 Å². The summed E-state index contributed by atoms with van der Waals surface area (Å²) >= 11 is 0. The van der Waals surface area contributed by atoms with E-state index in [1.807, 2.05) is 36.4 Å². The molecule has 33 heavy (non-hydrogen) atoms. The summed E-state index contributed by atoms with van der Waals surface area (Å²) in [7, 11) is 2.75. The average molecular weight is 450 g/mol. The van der Waals surface area contributed by atoms with Crippen molar-refractivity contribution in [1.29, 1.82) is 0 Å². The maximum Gasteiger partial charge on any atom is 0.360 e. The molecule has 1 aliphatic rings. The van der Waals surface area contributed by atoms with Crippen LogP contribution in [-0.2, 0) is 21.0 Å². The third kappa shape index (κ3) is 6.48. The first-order valence-electron chi connectivity index (χ1n) is 10.9. The molecule has 0 saturated heterocycles. The van der Waals surface area contributed by atoms with Gasteiger partial charge in [0.15, 0.2) is 5.71 Å². The molecule has 6 heteroatoms. The van der Waals surface area contributed by atoms with Gasteiger partial charge >= 0.3 is 5.97 Å². The zero-order valence-corrected chi connectivity index (χ0v) is 19.9. The molecule has 6 nitrogen and oxygen atoms in total. The molecule has 0 atom stereocenters. The van der Waals surface area contributed by atoms with E-state index in [9.17, 15) is 4.79 Å². The molecule has 174 valence electrons. The van der Waals surface area contributed by atoms with Gasteiger partial charge in [0, 0.05) is 6.07 Å². The summed E-state index contributed by atoms with van der Waals surface area (Å²) in [5, 5.41) is 3.94. The van der Waals surface area contributed by atoms with E-state index in [1.54, 1.807) is 0 Å². The van der Waals surface area contributed by atoms with Gasteiger partial charge in [0.05, 0.1) is 7.11 Å². The first-order chi connectivity index (χ1) is 15.9. The molecule has 0 fully saturated rings. The molecule has 2 aromatic carbocycles. The van der Waals surface area contributed by atoms with Gasteiger partial charge in [-0.05, 0) is 62.5 Å². The predicted molar refractivity (Wildman–Crippen MR) is 129 cm³/mol. The van der Waals surface area contributed by atoms with Crippen molar-refractivity contribution in [1.82, 2.24) is 0 Å². The Morgan fingerprint density at radius 3 is 2.21 bits per heavy atom. The van der Waals surface area contributed by atoms with Crippen molar-refractivity contribution in [3.8, 4) is 11.5 Å². The second kappa shape index (κ2) is 11.4. The summed E-state index contributed by atoms with van der Waals surface area (Å²) in [5.74, 6) is 0.897. The standard InChI is InChI=1S/C27H31NO5/c1-18-8-6-9-21(12-18)16-32-23-10-7-11-24(15-23)33-17-22-13-19(2)20(3)14-25(22)26(28-31-5)27(29)30-4/h6-12,15H,13-14,16-17H2,1-5H3/b28-26+. The monoisotopic (exact) mass is 449 g/mol. The van der Waals surface area contributed by atoms with Crippen molar-refractivity contribution in [2.75, 3.05) is 20.8 Å². The number of hydrogen-bond donors (Lipinski definition) is 0. The molecule has 0 radical (unpaired) electrons. The van der Waals surface area contributed by atoms with E-state index in [0.717, 1.165) is 22.5 Å². The molecule has 0 aliphatic heterocycles. The highest BCUT2D eigenvalue weighted by atomic mass is 16.6. The van der Waals surface area contributed by atoms with E-state index in [0.29, 0.717) is 31.8 Å². The van der Waals surface area contributed by atoms with Crippen molar-refractivity contribution in [3.63, 3.8) is 0 Å². The van der Waals surface area contributed by atoms with Crippen LogP contribution in [0.3, 0.4) is 0 Å². The summed E-state index contributed by atoms with van der Waals surface area (Å²) in [6.07, 6.45) is 1.30. The number of benzene rings is 2. The lowest BCUT2D eigenvalue weighted by atomic mass is 9.85. The highest BCUT2D eigenvalue weighted by Crippen LogP contribution is 2.32. The van der Waals surface area contributed by atoms with E-state index in [1.165, 1.54) is 30.9 Å². The van der Waals surface area contributed by atoms with Crippen LogP contribution in [0.25, 0.3) is 0 Å². The molecule has 3 rings (SSSR count). The summed E-state index contributed by atoms with van der Waals surface area (Å²) in [5.41, 5.74) is 6.73. The second-order valence-corrected chi connectivity index (χ2v) is 8.15. The van der Waals surface area contributed by atoms with E-state index < -0.39 is 5.97 Å². The minimum atomic E-state index is -0.525. The Morgan fingerprint density at radius 1 is 0.879 bits per heavy atom. The van der Waals surface area contributed by atoms with Crippen LogP contribution in [-0.4, -0.2) is 32.5 Å². The van der Waals surface area contributed by atoms with Crippen molar-refractivity contribution >= 4 is 11.7 Å². The molecule has 0 heterocycles. The zero-order chi connectivity index (χ0) is 23.8. The number of aryl methyl sites for hydroxylation is 1. The molecule has 1 aliphatic carbocycles. The second-order valence-electron chi connectivity index (χ2n) is 8.15. The highest BCUT2D eigenvalue weighted by Gasteiger charge is 2.26. The molecular formula is C27H31NO5. The average Bonchev–Trinajstić information content (AvgIpc) is 2.81. The van der Waals surface area contributed by atoms with E-state index in [4.69, 9.17) is 19.0 Å². The number of esters is 1. The van der Waals surface area contributed by atoms with Crippen molar-refractivity contribution in [2.24, 2.45) is 5.16 Å². The number of nitrogens with zero attached hydrogens (tertiary/aromatic N) is 1. The van der Waals surface area contributed by atoms with Gasteiger partial charge in [0.25, 0.3) is 0 Å². The van der Waals surface area contributed by atoms with Gasteiger partial charge in [-0.3, -0.25) is 0 Å². The van der Waals surface area contributed by atoms with Crippen LogP contribution in [0.5, 0.6) is 11.5 Å². The molecular weight excluding hydrogens is 418 g/mol. The van der Waals surface area contributed by atoms with E-state index in [-0.39, 0.29) is 5.71 Å². The largest absolute Gasteiger partial charge is 0.489 e. The maximum atomic E-state index is 12.3. The number of ether oxygens (including phenoxy) is 3. The lowest BCUT2D eigenvalue weighted by Crippen LogP contribution is -2.24. The SMILES string of the molecule is CO/N=C(/C(=O)OC)C1=C(COc2cccc(OCc3cccc(C)c3)c2)CC(C)=C(C)C1. The Hall–Kier alpha value is -3.54. The van der Waals surface area contributed by atoms with Crippen LogP contribution in [0.2, 0.25) is 0 Å². The van der Waals surface area contributed by atoms with Crippen LogP contribution >= 0.6 is 0 Å². The van der Waals surface area contributed by atoms with Crippen LogP contribution in [0, 0.1) is 6.92 Å². The molecule has 0 aromatic heterocycles. The van der Waals surface area contributed by atoms with E-state index in [2.05, 4.69) is 38.1 Å². The smallest absolute Gasteiger partial charge is 0.360 e. The topological polar surface area (TPSA) is 66.4 Å². The Balaban J connectivity index is 1.75. The lowest BCUT2D eigenvalue weighted by molar-refractivity contribution is -0.132. The van der Waals surface area contributed by atoms with Crippen LogP contribution in [0.1, 0.15) is 37.8 Å². The zero-order valence-electron chi connectivity index (χ0n) is 19.9. The minimum Gasteiger partial charge on any atom is -0.489 e.